The van der Waals surface area contributed by atoms with E-state index in [9.17, 15) is 4.79 Å². The van der Waals surface area contributed by atoms with Gasteiger partial charge in [0.1, 0.15) is 5.75 Å². The first-order valence-corrected chi connectivity index (χ1v) is 6.85. The summed E-state index contributed by atoms with van der Waals surface area (Å²) in [6.07, 6.45) is 2.00. The van der Waals surface area contributed by atoms with Crippen molar-refractivity contribution in [2.45, 2.75) is 12.8 Å². The number of rotatable bonds is 3. The Morgan fingerprint density at radius 1 is 1.56 bits per heavy atom. The van der Waals surface area contributed by atoms with Gasteiger partial charge in [-0.1, -0.05) is 0 Å². The molecule has 0 radical (unpaired) electrons. The number of hydrogen-bond donors (Lipinski definition) is 2. The number of piperidine rings is 1. The highest BCUT2D eigenvalue weighted by Crippen LogP contribution is 2.27. The lowest BCUT2D eigenvalue weighted by Crippen LogP contribution is -2.37. The molecule has 18 heavy (non-hydrogen) atoms. The standard InChI is InChI=1S/C13H17BrN2O2/c1-18-10-4-5-11(14)12(7-10)16-13(17)9-3-2-6-15-8-9/h4-5,7,9,15H,2-3,6,8H2,1H3,(H,16,17). The summed E-state index contributed by atoms with van der Waals surface area (Å²) in [4.78, 5) is 12.1. The smallest absolute Gasteiger partial charge is 0.228 e. The molecule has 4 nitrogen and oxygen atoms in total. The SMILES string of the molecule is COc1ccc(Br)c(NC(=O)C2CCCNC2)c1. The van der Waals surface area contributed by atoms with Crippen molar-refractivity contribution in [2.75, 3.05) is 25.5 Å². The van der Waals surface area contributed by atoms with Crippen LogP contribution in [0.2, 0.25) is 0 Å². The van der Waals surface area contributed by atoms with Gasteiger partial charge in [-0.05, 0) is 47.4 Å². The second-order valence-electron chi connectivity index (χ2n) is 4.38. The fraction of sp³-hybridized carbons (Fsp3) is 0.462. The Balaban J connectivity index is 2.05. The Labute approximate surface area is 115 Å². The zero-order valence-electron chi connectivity index (χ0n) is 10.3. The highest BCUT2D eigenvalue weighted by Gasteiger charge is 2.21. The van der Waals surface area contributed by atoms with Crippen molar-refractivity contribution >= 4 is 27.5 Å². The molecule has 2 rings (SSSR count). The van der Waals surface area contributed by atoms with Gasteiger partial charge in [0.2, 0.25) is 5.91 Å². The molecule has 0 spiro atoms. The molecule has 0 aliphatic carbocycles. The zero-order chi connectivity index (χ0) is 13.0. The average molecular weight is 313 g/mol. The van der Waals surface area contributed by atoms with Crippen LogP contribution in [0.3, 0.4) is 0 Å². The van der Waals surface area contributed by atoms with E-state index in [1.54, 1.807) is 7.11 Å². The molecule has 5 heteroatoms. The molecule has 1 amide bonds. The van der Waals surface area contributed by atoms with E-state index in [4.69, 9.17) is 4.74 Å². The molecule has 0 aromatic heterocycles. The first kappa shape index (κ1) is 13.4. The Morgan fingerprint density at radius 3 is 3.06 bits per heavy atom. The Hall–Kier alpha value is -1.07. The Morgan fingerprint density at radius 2 is 2.39 bits per heavy atom. The molecule has 1 aliphatic rings. The van der Waals surface area contributed by atoms with Gasteiger partial charge >= 0.3 is 0 Å². The summed E-state index contributed by atoms with van der Waals surface area (Å²) in [7, 11) is 1.61. The number of anilines is 1. The van der Waals surface area contributed by atoms with Gasteiger partial charge in [-0.2, -0.15) is 0 Å². The Bertz CT molecular complexity index is 431. The minimum atomic E-state index is 0.0526. The van der Waals surface area contributed by atoms with Crippen LogP contribution in [-0.4, -0.2) is 26.1 Å². The van der Waals surface area contributed by atoms with Crippen LogP contribution in [0.5, 0.6) is 5.75 Å². The molecule has 1 saturated heterocycles. The van der Waals surface area contributed by atoms with Crippen LogP contribution < -0.4 is 15.4 Å². The van der Waals surface area contributed by atoms with Gasteiger partial charge < -0.3 is 15.4 Å². The van der Waals surface area contributed by atoms with E-state index >= 15 is 0 Å². The number of ether oxygens (including phenoxy) is 1. The lowest BCUT2D eigenvalue weighted by Gasteiger charge is -2.22. The maximum absolute atomic E-state index is 12.1. The molecule has 0 bridgehead atoms. The fourth-order valence-electron chi connectivity index (χ4n) is 2.04. The van der Waals surface area contributed by atoms with Crippen molar-refractivity contribution in [3.63, 3.8) is 0 Å². The highest BCUT2D eigenvalue weighted by molar-refractivity contribution is 9.10. The molecule has 1 fully saturated rings. The predicted octanol–water partition coefficient (Wildman–Crippen LogP) is 2.40. The van der Waals surface area contributed by atoms with Crippen molar-refractivity contribution in [3.8, 4) is 5.75 Å². The number of nitrogens with one attached hydrogen (secondary N) is 2. The van der Waals surface area contributed by atoms with Gasteiger partial charge in [-0.25, -0.2) is 0 Å². The minimum absolute atomic E-state index is 0.0526. The lowest BCUT2D eigenvalue weighted by atomic mass is 9.99. The first-order chi connectivity index (χ1) is 8.70. The number of benzene rings is 1. The molecule has 98 valence electrons. The van der Waals surface area contributed by atoms with Crippen molar-refractivity contribution in [1.82, 2.24) is 5.32 Å². The number of hydrogen-bond acceptors (Lipinski definition) is 3. The molecule has 1 aliphatic heterocycles. The zero-order valence-corrected chi connectivity index (χ0v) is 11.9. The maximum Gasteiger partial charge on any atom is 0.228 e. The van der Waals surface area contributed by atoms with Crippen LogP contribution in [0.4, 0.5) is 5.69 Å². The molecule has 1 aromatic rings. The maximum atomic E-state index is 12.1. The molecule has 2 N–H and O–H groups in total. The molecule has 1 aromatic carbocycles. The minimum Gasteiger partial charge on any atom is -0.497 e. The molecule has 1 unspecified atom stereocenters. The molecule has 0 saturated carbocycles. The second kappa shape index (κ2) is 6.20. The van der Waals surface area contributed by atoms with Gasteiger partial charge in [0.05, 0.1) is 18.7 Å². The quantitative estimate of drug-likeness (QED) is 0.901. The van der Waals surface area contributed by atoms with Gasteiger partial charge in [-0.15, -0.1) is 0 Å². The van der Waals surface area contributed by atoms with Crippen LogP contribution in [-0.2, 0) is 4.79 Å². The third-order valence-corrected chi connectivity index (χ3v) is 3.79. The monoisotopic (exact) mass is 312 g/mol. The summed E-state index contributed by atoms with van der Waals surface area (Å²) in [5, 5.41) is 6.19. The van der Waals surface area contributed by atoms with E-state index in [2.05, 4.69) is 26.6 Å². The Kier molecular flexibility index (Phi) is 4.60. The van der Waals surface area contributed by atoms with Crippen LogP contribution >= 0.6 is 15.9 Å². The number of amides is 1. The predicted molar refractivity (Wildman–Crippen MR) is 74.9 cm³/mol. The van der Waals surface area contributed by atoms with Crippen molar-refractivity contribution < 1.29 is 9.53 Å². The van der Waals surface area contributed by atoms with Gasteiger partial charge in [-0.3, -0.25) is 4.79 Å². The summed E-state index contributed by atoms with van der Waals surface area (Å²) in [6.45, 7) is 1.76. The lowest BCUT2D eigenvalue weighted by molar-refractivity contribution is -0.120. The summed E-state index contributed by atoms with van der Waals surface area (Å²) in [6, 6.07) is 5.54. The van der Waals surface area contributed by atoms with E-state index in [0.29, 0.717) is 0 Å². The van der Waals surface area contributed by atoms with Crippen LogP contribution in [0, 0.1) is 5.92 Å². The second-order valence-corrected chi connectivity index (χ2v) is 5.23. The van der Waals surface area contributed by atoms with E-state index in [1.807, 2.05) is 18.2 Å². The van der Waals surface area contributed by atoms with Crippen LogP contribution in [0.25, 0.3) is 0 Å². The van der Waals surface area contributed by atoms with Crippen molar-refractivity contribution in [1.29, 1.82) is 0 Å². The summed E-state index contributed by atoms with van der Waals surface area (Å²) >= 11 is 3.43. The molecule has 1 heterocycles. The van der Waals surface area contributed by atoms with Crippen LogP contribution in [0.1, 0.15) is 12.8 Å². The summed E-state index contributed by atoms with van der Waals surface area (Å²) in [5.74, 6) is 0.850. The van der Waals surface area contributed by atoms with E-state index in [-0.39, 0.29) is 11.8 Å². The van der Waals surface area contributed by atoms with Gasteiger partial charge in [0.15, 0.2) is 0 Å². The average Bonchev–Trinajstić information content (AvgIpc) is 2.42. The normalized spacial score (nSPS) is 19.3. The highest BCUT2D eigenvalue weighted by atomic mass is 79.9. The summed E-state index contributed by atoms with van der Waals surface area (Å²) < 4.78 is 6.01. The third kappa shape index (κ3) is 3.23. The van der Waals surface area contributed by atoms with E-state index in [0.717, 1.165) is 41.8 Å². The van der Waals surface area contributed by atoms with Gasteiger partial charge in [0.25, 0.3) is 0 Å². The fourth-order valence-corrected chi connectivity index (χ4v) is 2.38. The first-order valence-electron chi connectivity index (χ1n) is 6.06. The number of halogens is 1. The number of carbonyl (C=O) groups is 1. The molecular formula is C13H17BrN2O2. The molecular weight excluding hydrogens is 296 g/mol. The van der Waals surface area contributed by atoms with Crippen LogP contribution in [0.15, 0.2) is 22.7 Å². The third-order valence-electron chi connectivity index (χ3n) is 3.10. The topological polar surface area (TPSA) is 50.4 Å². The summed E-state index contributed by atoms with van der Waals surface area (Å²) in [5.41, 5.74) is 0.755. The van der Waals surface area contributed by atoms with E-state index in [1.165, 1.54) is 0 Å². The number of methoxy groups -OCH3 is 1. The number of carbonyl (C=O) groups excluding carboxylic acids is 1. The largest absolute Gasteiger partial charge is 0.497 e. The van der Waals surface area contributed by atoms with E-state index < -0.39 is 0 Å². The molecule has 1 atom stereocenters. The van der Waals surface area contributed by atoms with Crippen molar-refractivity contribution in [3.05, 3.63) is 22.7 Å². The van der Waals surface area contributed by atoms with Crippen molar-refractivity contribution in [2.24, 2.45) is 5.92 Å². The van der Waals surface area contributed by atoms with Gasteiger partial charge in [0, 0.05) is 17.1 Å².